The molecular weight excluding hydrogens is 316 g/mol. The van der Waals surface area contributed by atoms with Crippen LogP contribution in [-0.2, 0) is 0 Å². The Morgan fingerprint density at radius 2 is 1.05 bits per heavy atom. The van der Waals surface area contributed by atoms with Crippen molar-refractivity contribution in [2.45, 2.75) is 76.3 Å². The molecule has 2 saturated carbocycles. The van der Waals surface area contributed by atoms with Crippen LogP contribution >= 0.6 is 23.5 Å². The van der Waals surface area contributed by atoms with E-state index in [1.54, 1.807) is 0 Å². The van der Waals surface area contributed by atoms with Crippen LogP contribution in [0.5, 0.6) is 0 Å². The lowest BCUT2D eigenvalue weighted by Crippen LogP contribution is -2.34. The van der Waals surface area contributed by atoms with Gasteiger partial charge in [-0.2, -0.15) is 0 Å². The normalized spacial score (nSPS) is 20.5. The maximum Gasteiger partial charge on any atom is 0.279 e. The third-order valence-corrected chi connectivity index (χ3v) is 6.24. The quantitative estimate of drug-likeness (QED) is 0.719. The zero-order valence-corrected chi connectivity index (χ0v) is 14.9. The number of amides is 2. The lowest BCUT2D eigenvalue weighted by Gasteiger charge is -2.22. The molecule has 0 spiro atoms. The van der Waals surface area contributed by atoms with Gasteiger partial charge in [-0.25, -0.2) is 0 Å². The first kappa shape index (κ1) is 18.0. The van der Waals surface area contributed by atoms with Gasteiger partial charge in [-0.15, -0.1) is 0 Å². The van der Waals surface area contributed by atoms with Crippen LogP contribution in [0, 0.1) is 0 Å². The van der Waals surface area contributed by atoms with E-state index in [0.29, 0.717) is 23.6 Å². The molecule has 0 unspecified atom stereocenters. The van der Waals surface area contributed by atoms with Gasteiger partial charge >= 0.3 is 0 Å². The fourth-order valence-corrected chi connectivity index (χ4v) is 4.72. The summed E-state index contributed by atoms with van der Waals surface area (Å²) in [6, 6.07) is 0.743. The third kappa shape index (κ3) is 7.27. The number of nitrogens with one attached hydrogen (secondary N) is 2. The molecule has 2 aliphatic carbocycles. The highest BCUT2D eigenvalue weighted by Crippen LogP contribution is 2.20. The van der Waals surface area contributed by atoms with Crippen LogP contribution in [-0.4, -0.2) is 34.1 Å². The number of carbonyl (C=O) groups is 2. The number of carbonyl (C=O) groups excluding carboxylic acids is 2. The van der Waals surface area contributed by atoms with Gasteiger partial charge < -0.3 is 10.6 Å². The van der Waals surface area contributed by atoms with E-state index in [4.69, 9.17) is 0 Å². The summed E-state index contributed by atoms with van der Waals surface area (Å²) >= 11 is 2.61. The Kier molecular flexibility index (Phi) is 8.52. The second kappa shape index (κ2) is 10.4. The molecule has 2 rings (SSSR count). The topological polar surface area (TPSA) is 58.2 Å². The predicted molar refractivity (Wildman–Crippen MR) is 95.7 cm³/mol. The minimum atomic E-state index is 0.0696. The van der Waals surface area contributed by atoms with Gasteiger partial charge in [0.05, 0.1) is 0 Å². The van der Waals surface area contributed by atoms with E-state index in [1.807, 2.05) is 0 Å². The van der Waals surface area contributed by atoms with Gasteiger partial charge in [-0.1, -0.05) is 62.0 Å². The van der Waals surface area contributed by atoms with Gasteiger partial charge in [-0.3, -0.25) is 9.59 Å². The van der Waals surface area contributed by atoms with Gasteiger partial charge in [0, 0.05) is 23.6 Å². The summed E-state index contributed by atoms with van der Waals surface area (Å²) in [5.74, 6) is 1.39. The summed E-state index contributed by atoms with van der Waals surface area (Å²) in [6.45, 7) is 0. The second-order valence-electron chi connectivity index (χ2n) is 6.23. The van der Waals surface area contributed by atoms with Crippen LogP contribution in [0.3, 0.4) is 0 Å². The SMILES string of the molecule is O=C(NC1CCCCC1)SCCSC(=O)NC1CCCCC1. The van der Waals surface area contributed by atoms with E-state index in [1.165, 1.54) is 62.0 Å². The molecule has 0 aromatic rings. The molecule has 2 fully saturated rings. The van der Waals surface area contributed by atoms with Crippen LogP contribution in [0.25, 0.3) is 0 Å². The maximum atomic E-state index is 11.8. The molecule has 0 atom stereocenters. The van der Waals surface area contributed by atoms with Gasteiger partial charge in [-0.05, 0) is 25.7 Å². The van der Waals surface area contributed by atoms with Crippen molar-refractivity contribution in [3.05, 3.63) is 0 Å². The van der Waals surface area contributed by atoms with Crippen molar-refractivity contribution in [1.29, 1.82) is 0 Å². The molecular formula is C16H28N2O2S2. The zero-order chi connectivity index (χ0) is 15.6. The number of hydrogen-bond acceptors (Lipinski definition) is 4. The van der Waals surface area contributed by atoms with E-state index < -0.39 is 0 Å². The van der Waals surface area contributed by atoms with Crippen LogP contribution in [0.1, 0.15) is 64.2 Å². The molecule has 2 amide bonds. The lowest BCUT2D eigenvalue weighted by molar-refractivity contribution is 0.252. The molecule has 2 aliphatic rings. The Bertz CT molecular complexity index is 320. The Labute approximate surface area is 142 Å². The molecule has 126 valence electrons. The van der Waals surface area contributed by atoms with Crippen LogP contribution in [0.15, 0.2) is 0 Å². The van der Waals surface area contributed by atoms with Crippen molar-refractivity contribution in [3.63, 3.8) is 0 Å². The van der Waals surface area contributed by atoms with Crippen LogP contribution in [0.4, 0.5) is 9.59 Å². The van der Waals surface area contributed by atoms with Crippen molar-refractivity contribution >= 4 is 34.0 Å². The van der Waals surface area contributed by atoms with Crippen molar-refractivity contribution in [1.82, 2.24) is 10.6 Å². The first-order valence-electron chi connectivity index (χ1n) is 8.60. The average Bonchev–Trinajstić information content (AvgIpc) is 2.53. The largest absolute Gasteiger partial charge is 0.344 e. The highest BCUT2D eigenvalue weighted by atomic mass is 32.2. The Balaban J connectivity index is 1.48. The molecule has 0 bridgehead atoms. The minimum Gasteiger partial charge on any atom is -0.344 e. The van der Waals surface area contributed by atoms with E-state index in [0.717, 1.165) is 25.7 Å². The molecule has 0 saturated heterocycles. The van der Waals surface area contributed by atoms with E-state index in [9.17, 15) is 9.59 Å². The maximum absolute atomic E-state index is 11.8. The van der Waals surface area contributed by atoms with Crippen molar-refractivity contribution < 1.29 is 9.59 Å². The van der Waals surface area contributed by atoms with Gasteiger partial charge in [0.15, 0.2) is 0 Å². The monoisotopic (exact) mass is 344 g/mol. The van der Waals surface area contributed by atoms with E-state index >= 15 is 0 Å². The van der Waals surface area contributed by atoms with Crippen molar-refractivity contribution in [2.75, 3.05) is 11.5 Å². The summed E-state index contributed by atoms with van der Waals surface area (Å²) in [6.07, 6.45) is 12.0. The first-order chi connectivity index (χ1) is 10.7. The molecule has 2 N–H and O–H groups in total. The molecule has 0 aromatic heterocycles. The summed E-state index contributed by atoms with van der Waals surface area (Å²) in [5, 5.41) is 6.31. The molecule has 0 radical (unpaired) electrons. The van der Waals surface area contributed by atoms with Crippen molar-refractivity contribution in [2.24, 2.45) is 0 Å². The summed E-state index contributed by atoms with van der Waals surface area (Å²) in [7, 11) is 0. The molecule has 4 nitrogen and oxygen atoms in total. The first-order valence-corrected chi connectivity index (χ1v) is 10.6. The number of hydrogen-bond donors (Lipinski definition) is 2. The van der Waals surface area contributed by atoms with Crippen LogP contribution < -0.4 is 10.6 Å². The summed E-state index contributed by atoms with van der Waals surface area (Å²) < 4.78 is 0. The molecule has 6 heteroatoms. The van der Waals surface area contributed by atoms with E-state index in [2.05, 4.69) is 10.6 Å². The van der Waals surface area contributed by atoms with Crippen molar-refractivity contribution in [3.8, 4) is 0 Å². The zero-order valence-electron chi connectivity index (χ0n) is 13.3. The fourth-order valence-electron chi connectivity index (χ4n) is 3.18. The van der Waals surface area contributed by atoms with Crippen LogP contribution in [0.2, 0.25) is 0 Å². The second-order valence-corrected chi connectivity index (χ2v) is 8.37. The predicted octanol–water partition coefficient (Wildman–Crippen LogP) is 4.54. The van der Waals surface area contributed by atoms with E-state index in [-0.39, 0.29) is 10.5 Å². The number of rotatable bonds is 5. The highest BCUT2D eigenvalue weighted by molar-refractivity contribution is 8.16. The van der Waals surface area contributed by atoms with Gasteiger partial charge in [0.2, 0.25) is 0 Å². The summed E-state index contributed by atoms with van der Waals surface area (Å²) in [5.41, 5.74) is 0. The fraction of sp³-hybridized carbons (Fsp3) is 0.875. The standard InChI is InChI=1S/C16H28N2O2S2/c19-15(17-13-7-3-1-4-8-13)21-11-12-22-16(20)18-14-9-5-2-6-10-14/h13-14H,1-12H2,(H,17,19)(H,18,20). The van der Waals surface area contributed by atoms with Gasteiger partial charge in [0.25, 0.3) is 10.5 Å². The highest BCUT2D eigenvalue weighted by Gasteiger charge is 2.17. The number of thioether (sulfide) groups is 2. The molecule has 22 heavy (non-hydrogen) atoms. The molecule has 0 aromatic carbocycles. The molecule has 0 heterocycles. The third-order valence-electron chi connectivity index (χ3n) is 4.40. The Morgan fingerprint density at radius 3 is 1.41 bits per heavy atom. The smallest absolute Gasteiger partial charge is 0.279 e. The Morgan fingerprint density at radius 1 is 0.682 bits per heavy atom. The average molecular weight is 345 g/mol. The van der Waals surface area contributed by atoms with Gasteiger partial charge in [0.1, 0.15) is 0 Å². The lowest BCUT2D eigenvalue weighted by atomic mass is 9.96. The molecule has 0 aliphatic heterocycles. The summed E-state index contributed by atoms with van der Waals surface area (Å²) in [4.78, 5) is 23.6. The Hall–Kier alpha value is -0.360. The minimum absolute atomic E-state index is 0.0696.